The van der Waals surface area contributed by atoms with E-state index in [0.717, 1.165) is 38.8 Å². The number of esters is 1. The predicted octanol–water partition coefficient (Wildman–Crippen LogP) is 5.21. The summed E-state index contributed by atoms with van der Waals surface area (Å²) in [5, 5.41) is -7.11. The number of aromatic nitrogens is 2. The van der Waals surface area contributed by atoms with E-state index in [9.17, 15) is 57.3 Å². The van der Waals surface area contributed by atoms with E-state index in [-0.39, 0.29) is 5.97 Å². The van der Waals surface area contributed by atoms with Gasteiger partial charge in [-0.1, -0.05) is 19.9 Å². The molecule has 0 N–H and O–H groups in total. The zero-order chi connectivity index (χ0) is 30.0. The van der Waals surface area contributed by atoms with Gasteiger partial charge in [0.1, 0.15) is 12.4 Å². The van der Waals surface area contributed by atoms with Gasteiger partial charge in [-0.3, -0.25) is 0 Å². The van der Waals surface area contributed by atoms with Crippen LogP contribution in [0.25, 0.3) is 0 Å². The van der Waals surface area contributed by atoms with Crippen LogP contribution in [-0.2, 0) is 32.7 Å². The molecule has 0 aromatic carbocycles. The molecule has 1 aromatic rings. The Morgan fingerprint density at radius 2 is 1.53 bits per heavy atom. The van der Waals surface area contributed by atoms with E-state index in [1.54, 1.807) is 6.92 Å². The van der Waals surface area contributed by atoms with Crippen LogP contribution >= 0.6 is 0 Å². The van der Waals surface area contributed by atoms with Crippen LogP contribution < -0.4 is 4.57 Å². The number of carbonyl (C=O) groups excluding carboxylic acids is 1. The Kier molecular flexibility index (Phi) is 13.3. The highest BCUT2D eigenvalue weighted by molar-refractivity contribution is 7.86. The first-order chi connectivity index (χ1) is 17.1. The van der Waals surface area contributed by atoms with E-state index < -0.39 is 33.4 Å². The van der Waals surface area contributed by atoms with Gasteiger partial charge in [0.05, 0.1) is 19.7 Å². The lowest BCUT2D eigenvalue weighted by Gasteiger charge is -2.34. The molecule has 0 saturated heterocycles. The maximum absolute atomic E-state index is 12.2. The van der Waals surface area contributed by atoms with Crippen molar-refractivity contribution in [3.05, 3.63) is 30.9 Å². The van der Waals surface area contributed by atoms with E-state index >= 15 is 0 Å². The van der Waals surface area contributed by atoms with Crippen molar-refractivity contribution in [3.8, 4) is 0 Å². The molecule has 0 spiro atoms. The maximum atomic E-state index is 12.2. The average Bonchev–Trinajstić information content (AvgIpc) is 3.23. The van der Waals surface area contributed by atoms with Gasteiger partial charge in [-0.2, -0.15) is 39.5 Å². The summed E-state index contributed by atoms with van der Waals surface area (Å²) in [5.74, 6) is -15.1. The summed E-state index contributed by atoms with van der Waals surface area (Å²) in [6.07, 6.45) is 6.13. The monoisotopic (exact) mass is 592 g/mol. The molecule has 0 amide bonds. The minimum Gasteiger partial charge on any atom is -0.743 e. The van der Waals surface area contributed by atoms with Crippen LogP contribution in [0.15, 0.2) is 30.9 Å². The highest BCUT2D eigenvalue weighted by atomic mass is 32.2. The molecule has 0 aliphatic heterocycles. The van der Waals surface area contributed by atoms with Gasteiger partial charge in [0, 0.05) is 5.57 Å². The third-order valence-electron chi connectivity index (χ3n) is 4.84. The minimum atomic E-state index is -7.43. The summed E-state index contributed by atoms with van der Waals surface area (Å²) in [4.78, 5) is 11.2. The summed E-state index contributed by atoms with van der Waals surface area (Å²) >= 11 is 0. The Balaban J connectivity index is 0.000000739. The molecule has 0 atom stereocenters. The molecular weight excluding hydrogens is 563 g/mol. The molecule has 17 heteroatoms. The Hall–Kier alpha value is -2.30. The second-order valence-corrected chi connectivity index (χ2v) is 9.61. The number of unbranched alkanes of at least 4 members (excludes halogenated alkanes) is 4. The lowest BCUT2D eigenvalue weighted by atomic mass is 10.1. The van der Waals surface area contributed by atoms with Gasteiger partial charge in [0.2, 0.25) is 6.33 Å². The normalized spacial score (nSPS) is 13.1. The molecule has 1 aromatic heterocycles. The molecule has 7 nitrogen and oxygen atoms in total. The van der Waals surface area contributed by atoms with E-state index in [4.69, 9.17) is 4.74 Å². The van der Waals surface area contributed by atoms with Gasteiger partial charge in [-0.15, -0.1) is 0 Å². The first kappa shape index (κ1) is 35.7. The largest absolute Gasteiger partial charge is 0.743 e. The summed E-state index contributed by atoms with van der Waals surface area (Å²) in [6.45, 7) is 10.1. The van der Waals surface area contributed by atoms with Gasteiger partial charge in [-0.25, -0.2) is 22.3 Å². The predicted molar refractivity (Wildman–Crippen MR) is 114 cm³/mol. The topological polar surface area (TPSA) is 92.3 Å². The quantitative estimate of drug-likeness (QED) is 0.0739. The number of rotatable bonds is 14. The molecular formula is C21H29F9N2O5S. The molecule has 0 aliphatic carbocycles. The van der Waals surface area contributed by atoms with Gasteiger partial charge in [0.25, 0.3) is 0 Å². The molecule has 0 saturated carbocycles. The molecule has 1 heterocycles. The number of ether oxygens (including phenoxy) is 1. The van der Waals surface area contributed by atoms with E-state index in [2.05, 4.69) is 41.4 Å². The van der Waals surface area contributed by atoms with Crippen molar-refractivity contribution in [2.75, 3.05) is 6.61 Å². The van der Waals surface area contributed by atoms with Crippen molar-refractivity contribution in [1.82, 2.24) is 4.57 Å². The number of aryl methyl sites for hydroxylation is 2. The Labute approximate surface area is 214 Å². The zero-order valence-corrected chi connectivity index (χ0v) is 21.4. The van der Waals surface area contributed by atoms with E-state index in [1.165, 1.54) is 12.8 Å². The van der Waals surface area contributed by atoms with Crippen molar-refractivity contribution >= 4 is 16.1 Å². The van der Waals surface area contributed by atoms with Crippen LogP contribution in [0.4, 0.5) is 39.5 Å². The number of carbonyl (C=O) groups is 1. The van der Waals surface area contributed by atoms with Crippen LogP contribution in [-0.4, -0.2) is 53.4 Å². The van der Waals surface area contributed by atoms with Crippen LogP contribution in [0.5, 0.6) is 0 Å². The summed E-state index contributed by atoms with van der Waals surface area (Å²) in [5.41, 5.74) is 0.471. The second kappa shape index (κ2) is 14.2. The molecule has 1 rings (SSSR count). The van der Waals surface area contributed by atoms with Crippen molar-refractivity contribution in [2.45, 2.75) is 88.7 Å². The number of alkyl halides is 9. The molecule has 222 valence electrons. The minimum absolute atomic E-state index is 0.279. The molecule has 0 aliphatic rings. The second-order valence-electron chi connectivity index (χ2n) is 8.19. The first-order valence-electron chi connectivity index (χ1n) is 11.2. The van der Waals surface area contributed by atoms with Gasteiger partial charge in [0.15, 0.2) is 10.1 Å². The number of halogens is 9. The maximum Gasteiger partial charge on any atom is 0.460 e. The molecule has 0 radical (unpaired) electrons. The van der Waals surface area contributed by atoms with Crippen molar-refractivity contribution < 1.29 is 66.6 Å². The van der Waals surface area contributed by atoms with E-state index in [1.807, 2.05) is 0 Å². The molecule has 0 fully saturated rings. The highest BCUT2D eigenvalue weighted by Crippen LogP contribution is 2.54. The van der Waals surface area contributed by atoms with Crippen molar-refractivity contribution in [3.63, 3.8) is 0 Å². The van der Waals surface area contributed by atoms with Crippen LogP contribution in [0.2, 0.25) is 0 Å². The van der Waals surface area contributed by atoms with Crippen LogP contribution in [0, 0.1) is 0 Å². The zero-order valence-electron chi connectivity index (χ0n) is 20.5. The fourth-order valence-corrected chi connectivity index (χ4v) is 3.04. The molecule has 0 bridgehead atoms. The van der Waals surface area contributed by atoms with Crippen molar-refractivity contribution in [1.29, 1.82) is 0 Å². The molecule has 38 heavy (non-hydrogen) atoms. The SMILES string of the molecule is C=C(C)C(=O)OCCCCCC[n+]1ccn(CCCC)c1.O=S(=O)([O-])C(F)(F)C(F)(F)C(F)(F)C(F)(F)F. The fraction of sp³-hybridized carbons (Fsp3) is 0.714. The van der Waals surface area contributed by atoms with Gasteiger partial charge in [-0.05, 0) is 39.0 Å². The summed E-state index contributed by atoms with van der Waals surface area (Å²) in [6, 6.07) is 0. The smallest absolute Gasteiger partial charge is 0.460 e. The van der Waals surface area contributed by atoms with E-state index in [0.29, 0.717) is 12.2 Å². The Morgan fingerprint density at radius 1 is 0.974 bits per heavy atom. The lowest BCUT2D eigenvalue weighted by molar-refractivity contribution is -0.696. The summed E-state index contributed by atoms with van der Waals surface area (Å²) < 4.78 is 145. The van der Waals surface area contributed by atoms with Crippen LogP contribution in [0.3, 0.4) is 0 Å². The highest BCUT2D eigenvalue weighted by Gasteiger charge is 2.83. The molecule has 0 unspecified atom stereocenters. The van der Waals surface area contributed by atoms with Crippen LogP contribution in [0.1, 0.15) is 52.4 Å². The van der Waals surface area contributed by atoms with Crippen molar-refractivity contribution in [2.24, 2.45) is 0 Å². The Bertz CT molecular complexity index is 1010. The number of hydrogen-bond donors (Lipinski definition) is 0. The first-order valence-corrected chi connectivity index (χ1v) is 12.6. The third kappa shape index (κ3) is 9.78. The van der Waals surface area contributed by atoms with Gasteiger partial charge >= 0.3 is 29.2 Å². The summed E-state index contributed by atoms with van der Waals surface area (Å²) in [7, 11) is -7.42. The third-order valence-corrected chi connectivity index (χ3v) is 5.72. The lowest BCUT2D eigenvalue weighted by Crippen LogP contribution is -2.63. The number of imidazole rings is 1. The number of nitrogens with zero attached hydrogens (tertiary/aromatic N) is 2. The fourth-order valence-electron chi connectivity index (χ4n) is 2.60. The standard InChI is InChI=1S/C17H29N2O2.C4HF9O3S/c1-4-5-10-18-12-13-19(15-18)11-8-6-7-9-14-21-17(20)16(2)3;5-1(6,3(9,10)11)2(7,8)4(12,13)17(14,15)16/h12-13,15H,2,4-11,14H2,1,3H3;(H,14,15,16)/q+1;/p-1. The number of hydrogen-bond acceptors (Lipinski definition) is 5. The Morgan fingerprint density at radius 3 is 2.00 bits per heavy atom. The van der Waals surface area contributed by atoms with Gasteiger partial charge < -0.3 is 9.29 Å². The average molecular weight is 593 g/mol.